The fraction of sp³-hybridized carbons (Fsp3) is 0.462. The highest BCUT2D eigenvalue weighted by atomic mass is 79.9. The fourth-order valence-electron chi connectivity index (χ4n) is 2.26. The van der Waals surface area contributed by atoms with Crippen molar-refractivity contribution in [2.75, 3.05) is 0 Å². The minimum atomic E-state index is -0.119. The zero-order valence-electron chi connectivity index (χ0n) is 9.96. The van der Waals surface area contributed by atoms with Gasteiger partial charge >= 0.3 is 0 Å². The molecule has 0 aliphatic heterocycles. The molecular weight excluding hydrogens is 316 g/mol. The van der Waals surface area contributed by atoms with Gasteiger partial charge in [0, 0.05) is 21.6 Å². The third-order valence-electron chi connectivity index (χ3n) is 3.31. The molecule has 1 aromatic rings. The van der Waals surface area contributed by atoms with E-state index >= 15 is 0 Å². The monoisotopic (exact) mass is 330 g/mol. The first-order valence-corrected chi connectivity index (χ1v) is 7.26. The van der Waals surface area contributed by atoms with Gasteiger partial charge in [-0.2, -0.15) is 0 Å². The summed E-state index contributed by atoms with van der Waals surface area (Å²) < 4.78 is 0.744. The van der Waals surface area contributed by atoms with Crippen LogP contribution in [-0.4, -0.2) is 18.0 Å². The molecule has 2 atom stereocenters. The summed E-state index contributed by atoms with van der Waals surface area (Å²) in [5.74, 6) is -0.119. The van der Waals surface area contributed by atoms with Crippen molar-refractivity contribution >= 4 is 33.4 Å². The second-order valence-corrected chi connectivity index (χ2v) is 5.94. The number of nitrogens with two attached hydrogens (primary N) is 1. The van der Waals surface area contributed by atoms with Gasteiger partial charge in [-0.1, -0.05) is 24.4 Å². The minimum absolute atomic E-state index is 0.0562. The van der Waals surface area contributed by atoms with Crippen LogP contribution in [-0.2, 0) is 0 Å². The van der Waals surface area contributed by atoms with E-state index in [0.717, 1.165) is 30.2 Å². The molecule has 0 spiro atoms. The van der Waals surface area contributed by atoms with E-state index in [4.69, 9.17) is 17.3 Å². The minimum Gasteiger partial charge on any atom is -0.348 e. The normalized spacial score (nSPS) is 23.7. The summed E-state index contributed by atoms with van der Waals surface area (Å²) in [6.45, 7) is 0. The van der Waals surface area contributed by atoms with Crippen LogP contribution in [0, 0.1) is 0 Å². The summed E-state index contributed by atoms with van der Waals surface area (Å²) in [6.07, 6.45) is 4.19. The summed E-state index contributed by atoms with van der Waals surface area (Å²) in [6, 6.07) is 5.31. The van der Waals surface area contributed by atoms with Gasteiger partial charge in [0.15, 0.2) is 0 Å². The molecule has 5 heteroatoms. The number of carbonyl (C=O) groups is 1. The number of carbonyl (C=O) groups excluding carboxylic acids is 1. The second kappa shape index (κ2) is 6.04. The first-order chi connectivity index (χ1) is 8.58. The van der Waals surface area contributed by atoms with Gasteiger partial charge in [0.05, 0.1) is 5.56 Å². The Labute approximate surface area is 120 Å². The van der Waals surface area contributed by atoms with Crippen molar-refractivity contribution in [2.24, 2.45) is 5.73 Å². The quantitative estimate of drug-likeness (QED) is 0.875. The first kappa shape index (κ1) is 13.8. The predicted octanol–water partition coefficient (Wildman–Crippen LogP) is 3.10. The lowest BCUT2D eigenvalue weighted by atomic mass is 9.91. The lowest BCUT2D eigenvalue weighted by Gasteiger charge is -2.29. The van der Waals surface area contributed by atoms with E-state index in [1.165, 1.54) is 0 Å². The van der Waals surface area contributed by atoms with Crippen molar-refractivity contribution in [1.29, 1.82) is 0 Å². The lowest BCUT2D eigenvalue weighted by Crippen LogP contribution is -2.49. The number of amides is 1. The number of hydrogen-bond donors (Lipinski definition) is 2. The summed E-state index contributed by atoms with van der Waals surface area (Å²) in [7, 11) is 0. The van der Waals surface area contributed by atoms with E-state index in [9.17, 15) is 4.79 Å². The van der Waals surface area contributed by atoms with Gasteiger partial charge in [-0.3, -0.25) is 4.79 Å². The van der Waals surface area contributed by atoms with E-state index in [2.05, 4.69) is 21.2 Å². The highest BCUT2D eigenvalue weighted by Gasteiger charge is 2.24. The van der Waals surface area contributed by atoms with E-state index in [-0.39, 0.29) is 18.0 Å². The molecule has 3 nitrogen and oxygen atoms in total. The zero-order valence-corrected chi connectivity index (χ0v) is 12.3. The molecule has 2 rings (SSSR count). The van der Waals surface area contributed by atoms with Crippen molar-refractivity contribution in [1.82, 2.24) is 5.32 Å². The van der Waals surface area contributed by atoms with Crippen molar-refractivity contribution in [3.63, 3.8) is 0 Å². The van der Waals surface area contributed by atoms with Crippen LogP contribution in [0.2, 0.25) is 5.02 Å². The number of rotatable bonds is 2. The van der Waals surface area contributed by atoms with Crippen molar-refractivity contribution in [3.8, 4) is 0 Å². The maximum atomic E-state index is 12.2. The average molecular weight is 332 g/mol. The fourth-order valence-corrected chi connectivity index (χ4v) is 2.86. The van der Waals surface area contributed by atoms with E-state index in [1.54, 1.807) is 18.2 Å². The molecular formula is C13H16BrClN2O. The number of nitrogens with one attached hydrogen (secondary N) is 1. The largest absolute Gasteiger partial charge is 0.348 e. The highest BCUT2D eigenvalue weighted by molar-refractivity contribution is 9.10. The van der Waals surface area contributed by atoms with Gasteiger partial charge in [0.2, 0.25) is 0 Å². The number of halogens is 2. The molecule has 18 heavy (non-hydrogen) atoms. The topological polar surface area (TPSA) is 55.1 Å². The Morgan fingerprint density at radius 3 is 2.83 bits per heavy atom. The Morgan fingerprint density at radius 1 is 1.39 bits per heavy atom. The van der Waals surface area contributed by atoms with Gasteiger partial charge in [0.25, 0.3) is 5.91 Å². The van der Waals surface area contributed by atoms with Crippen LogP contribution in [0.1, 0.15) is 36.0 Å². The standard InChI is InChI=1S/C13H16BrClN2O/c14-10-6-5-8(15)7-9(10)13(18)17-12-4-2-1-3-11(12)16/h5-7,11-12H,1-4,16H2,(H,17,18)/t11-,12-/m1/s1. The summed E-state index contributed by atoms with van der Waals surface area (Å²) >= 11 is 9.27. The maximum absolute atomic E-state index is 12.2. The first-order valence-electron chi connectivity index (χ1n) is 6.09. The van der Waals surface area contributed by atoms with Gasteiger partial charge < -0.3 is 11.1 Å². The molecule has 1 aliphatic carbocycles. The highest BCUT2D eigenvalue weighted by Crippen LogP contribution is 2.22. The van der Waals surface area contributed by atoms with Crippen LogP contribution in [0.3, 0.4) is 0 Å². The molecule has 3 N–H and O–H groups in total. The second-order valence-electron chi connectivity index (χ2n) is 4.65. The maximum Gasteiger partial charge on any atom is 0.252 e. The predicted molar refractivity (Wildman–Crippen MR) is 76.8 cm³/mol. The SMILES string of the molecule is N[C@@H]1CCCC[C@H]1NC(=O)c1cc(Cl)ccc1Br. The lowest BCUT2D eigenvalue weighted by molar-refractivity contribution is 0.0920. The van der Waals surface area contributed by atoms with Gasteiger partial charge in [-0.25, -0.2) is 0 Å². The van der Waals surface area contributed by atoms with Crippen molar-refractivity contribution < 1.29 is 4.79 Å². The van der Waals surface area contributed by atoms with E-state index < -0.39 is 0 Å². The third kappa shape index (κ3) is 3.25. The summed E-state index contributed by atoms with van der Waals surface area (Å²) in [5, 5.41) is 3.55. The van der Waals surface area contributed by atoms with Gasteiger partial charge in [0.1, 0.15) is 0 Å². The van der Waals surface area contributed by atoms with Crippen molar-refractivity contribution in [3.05, 3.63) is 33.3 Å². The Morgan fingerprint density at radius 2 is 2.11 bits per heavy atom. The smallest absolute Gasteiger partial charge is 0.252 e. The van der Waals surface area contributed by atoms with E-state index in [0.29, 0.717) is 10.6 Å². The van der Waals surface area contributed by atoms with E-state index in [1.807, 2.05) is 0 Å². The molecule has 1 amide bonds. The zero-order chi connectivity index (χ0) is 13.1. The van der Waals surface area contributed by atoms with Crippen LogP contribution in [0.25, 0.3) is 0 Å². The van der Waals surface area contributed by atoms with Crippen LogP contribution in [0.4, 0.5) is 0 Å². The molecule has 1 aromatic carbocycles. The third-order valence-corrected chi connectivity index (χ3v) is 4.24. The Balaban J connectivity index is 2.09. The molecule has 0 radical (unpaired) electrons. The van der Waals surface area contributed by atoms with Crippen LogP contribution in [0.5, 0.6) is 0 Å². The number of benzene rings is 1. The van der Waals surface area contributed by atoms with Crippen molar-refractivity contribution in [2.45, 2.75) is 37.8 Å². The van der Waals surface area contributed by atoms with Crippen LogP contribution < -0.4 is 11.1 Å². The van der Waals surface area contributed by atoms with Crippen LogP contribution in [0.15, 0.2) is 22.7 Å². The molecule has 1 saturated carbocycles. The molecule has 98 valence electrons. The Kier molecular flexibility index (Phi) is 4.65. The van der Waals surface area contributed by atoms with Crippen LogP contribution >= 0.6 is 27.5 Å². The molecule has 0 unspecified atom stereocenters. The summed E-state index contributed by atoms with van der Waals surface area (Å²) in [4.78, 5) is 12.2. The number of hydrogen-bond acceptors (Lipinski definition) is 2. The molecule has 1 fully saturated rings. The molecule has 0 saturated heterocycles. The summed E-state index contributed by atoms with van der Waals surface area (Å²) in [5.41, 5.74) is 6.58. The molecule has 1 aliphatic rings. The average Bonchev–Trinajstić information content (AvgIpc) is 2.35. The Bertz CT molecular complexity index is 453. The Hall–Kier alpha value is -0.580. The van der Waals surface area contributed by atoms with Gasteiger partial charge in [-0.05, 0) is 47.0 Å². The van der Waals surface area contributed by atoms with Gasteiger partial charge in [-0.15, -0.1) is 0 Å². The molecule has 0 heterocycles. The molecule has 0 bridgehead atoms. The molecule has 0 aromatic heterocycles.